The maximum absolute atomic E-state index is 11.6. The second kappa shape index (κ2) is 6.10. The molecule has 0 saturated heterocycles. The van der Waals surface area contributed by atoms with Gasteiger partial charge in [-0.15, -0.1) is 23.1 Å². The minimum absolute atomic E-state index is 0.248. The molecular weight excluding hydrogens is 278 g/mol. The molecule has 4 nitrogen and oxygen atoms in total. The minimum atomic E-state index is -0.248. The average molecular weight is 293 g/mol. The van der Waals surface area contributed by atoms with E-state index in [1.165, 1.54) is 11.3 Å². The average Bonchev–Trinajstić information content (AvgIpc) is 2.85. The normalized spacial score (nSPS) is 10.4. The van der Waals surface area contributed by atoms with E-state index in [1.807, 2.05) is 36.6 Å². The maximum atomic E-state index is 11.6. The Kier molecular flexibility index (Phi) is 4.47. The van der Waals surface area contributed by atoms with Gasteiger partial charge in [0.1, 0.15) is 0 Å². The standard InChI is InChI=1S/C13H15N3OS2/c1-8-2-3-11(10(14)6-8)19-7-9-4-5-18-12(9)13(17)16-15/h2-6H,7,14-15H2,1H3,(H,16,17). The molecule has 0 atom stereocenters. The second-order valence-corrected chi connectivity index (χ2v) is 6.01. The van der Waals surface area contributed by atoms with Crippen molar-refractivity contribution in [1.82, 2.24) is 5.43 Å². The van der Waals surface area contributed by atoms with E-state index in [9.17, 15) is 4.79 Å². The lowest BCUT2D eigenvalue weighted by Crippen LogP contribution is -2.29. The van der Waals surface area contributed by atoms with Crippen molar-refractivity contribution in [3.8, 4) is 0 Å². The second-order valence-electron chi connectivity index (χ2n) is 4.08. The highest BCUT2D eigenvalue weighted by Crippen LogP contribution is 2.31. The molecule has 1 heterocycles. The zero-order valence-corrected chi connectivity index (χ0v) is 12.1. The van der Waals surface area contributed by atoms with Gasteiger partial charge in [0.2, 0.25) is 0 Å². The number of hydrazine groups is 1. The lowest BCUT2D eigenvalue weighted by molar-refractivity contribution is 0.0957. The number of benzene rings is 1. The smallest absolute Gasteiger partial charge is 0.275 e. The number of thioether (sulfide) groups is 1. The molecule has 1 amide bonds. The van der Waals surface area contributed by atoms with Crippen LogP contribution in [0.1, 0.15) is 20.8 Å². The van der Waals surface area contributed by atoms with Crippen LogP contribution in [0.5, 0.6) is 0 Å². The number of amides is 1. The number of carbonyl (C=O) groups excluding carboxylic acids is 1. The third-order valence-corrected chi connectivity index (χ3v) is 4.73. The number of carbonyl (C=O) groups is 1. The summed E-state index contributed by atoms with van der Waals surface area (Å²) in [5, 5.41) is 1.89. The first-order valence-electron chi connectivity index (χ1n) is 5.68. The predicted molar refractivity (Wildman–Crippen MR) is 81.1 cm³/mol. The Morgan fingerprint density at radius 3 is 2.89 bits per heavy atom. The van der Waals surface area contributed by atoms with Gasteiger partial charge in [-0.2, -0.15) is 0 Å². The van der Waals surface area contributed by atoms with Crippen LogP contribution in [0.15, 0.2) is 34.5 Å². The number of nitrogen functional groups attached to an aromatic ring is 2. The van der Waals surface area contributed by atoms with Crippen LogP contribution in [0, 0.1) is 6.92 Å². The summed E-state index contributed by atoms with van der Waals surface area (Å²) in [4.78, 5) is 13.2. The van der Waals surface area contributed by atoms with Crippen LogP contribution in [-0.2, 0) is 5.75 Å². The first kappa shape index (κ1) is 13.9. The third-order valence-electron chi connectivity index (χ3n) is 2.63. The summed E-state index contributed by atoms with van der Waals surface area (Å²) in [6.07, 6.45) is 0. The fraction of sp³-hybridized carbons (Fsp3) is 0.154. The van der Waals surface area contributed by atoms with Gasteiger partial charge in [-0.3, -0.25) is 10.2 Å². The molecule has 0 fully saturated rings. The van der Waals surface area contributed by atoms with Gasteiger partial charge in [0.15, 0.2) is 0 Å². The van der Waals surface area contributed by atoms with E-state index in [1.54, 1.807) is 11.8 Å². The van der Waals surface area contributed by atoms with Crippen LogP contribution < -0.4 is 17.0 Å². The number of aryl methyl sites for hydroxylation is 1. The number of rotatable bonds is 4. The van der Waals surface area contributed by atoms with E-state index < -0.39 is 0 Å². The number of hydrogen-bond donors (Lipinski definition) is 3. The van der Waals surface area contributed by atoms with Gasteiger partial charge in [-0.05, 0) is 41.6 Å². The van der Waals surface area contributed by atoms with Gasteiger partial charge in [0, 0.05) is 16.3 Å². The SMILES string of the molecule is Cc1ccc(SCc2ccsc2C(=O)NN)c(N)c1. The van der Waals surface area contributed by atoms with Crippen molar-refractivity contribution in [2.45, 2.75) is 17.6 Å². The van der Waals surface area contributed by atoms with Gasteiger partial charge in [0.05, 0.1) is 4.88 Å². The van der Waals surface area contributed by atoms with Crippen molar-refractivity contribution in [1.29, 1.82) is 0 Å². The number of hydrogen-bond acceptors (Lipinski definition) is 5. The molecule has 0 unspecified atom stereocenters. The zero-order chi connectivity index (χ0) is 13.8. The Hall–Kier alpha value is -1.50. The van der Waals surface area contributed by atoms with Crippen LogP contribution in [0.4, 0.5) is 5.69 Å². The molecule has 0 bridgehead atoms. The lowest BCUT2D eigenvalue weighted by atomic mass is 10.2. The predicted octanol–water partition coefficient (Wildman–Crippen LogP) is 2.53. The van der Waals surface area contributed by atoms with E-state index in [0.717, 1.165) is 21.7 Å². The zero-order valence-electron chi connectivity index (χ0n) is 10.5. The molecule has 19 heavy (non-hydrogen) atoms. The van der Waals surface area contributed by atoms with E-state index >= 15 is 0 Å². The summed E-state index contributed by atoms with van der Waals surface area (Å²) in [5.74, 6) is 5.61. The molecule has 1 aromatic carbocycles. The molecule has 5 N–H and O–H groups in total. The van der Waals surface area contributed by atoms with Crippen molar-refractivity contribution >= 4 is 34.7 Å². The molecule has 100 valence electrons. The summed E-state index contributed by atoms with van der Waals surface area (Å²) in [7, 11) is 0. The molecule has 0 aliphatic heterocycles. The molecule has 1 aromatic heterocycles. The summed E-state index contributed by atoms with van der Waals surface area (Å²) >= 11 is 3.00. The highest BCUT2D eigenvalue weighted by molar-refractivity contribution is 7.98. The Morgan fingerprint density at radius 2 is 2.21 bits per heavy atom. The number of anilines is 1. The highest BCUT2D eigenvalue weighted by atomic mass is 32.2. The molecule has 0 spiro atoms. The lowest BCUT2D eigenvalue weighted by Gasteiger charge is -2.06. The fourth-order valence-electron chi connectivity index (χ4n) is 1.67. The largest absolute Gasteiger partial charge is 0.398 e. The number of thiophene rings is 1. The molecule has 0 saturated carbocycles. The maximum Gasteiger partial charge on any atom is 0.275 e. The van der Waals surface area contributed by atoms with E-state index in [4.69, 9.17) is 11.6 Å². The van der Waals surface area contributed by atoms with Gasteiger partial charge in [-0.25, -0.2) is 5.84 Å². The molecule has 6 heteroatoms. The molecular formula is C13H15N3OS2. The first-order valence-corrected chi connectivity index (χ1v) is 7.54. The third kappa shape index (κ3) is 3.28. The number of nitrogens with two attached hydrogens (primary N) is 2. The van der Waals surface area contributed by atoms with Gasteiger partial charge in [0.25, 0.3) is 5.91 Å². The van der Waals surface area contributed by atoms with E-state index in [2.05, 4.69) is 5.43 Å². The van der Waals surface area contributed by atoms with Crippen LogP contribution >= 0.6 is 23.1 Å². The van der Waals surface area contributed by atoms with Crippen LogP contribution in [-0.4, -0.2) is 5.91 Å². The Morgan fingerprint density at radius 1 is 1.42 bits per heavy atom. The minimum Gasteiger partial charge on any atom is -0.398 e. The first-order chi connectivity index (χ1) is 9.11. The Labute approximate surface area is 120 Å². The Bertz CT molecular complexity index is 595. The van der Waals surface area contributed by atoms with Crippen LogP contribution in [0.25, 0.3) is 0 Å². The molecule has 2 aromatic rings. The van der Waals surface area contributed by atoms with Gasteiger partial charge < -0.3 is 5.73 Å². The van der Waals surface area contributed by atoms with Crippen LogP contribution in [0.2, 0.25) is 0 Å². The van der Waals surface area contributed by atoms with Crippen molar-refractivity contribution in [2.75, 3.05) is 5.73 Å². The van der Waals surface area contributed by atoms with Crippen molar-refractivity contribution < 1.29 is 4.79 Å². The van der Waals surface area contributed by atoms with Crippen molar-refractivity contribution in [2.24, 2.45) is 5.84 Å². The van der Waals surface area contributed by atoms with Crippen LogP contribution in [0.3, 0.4) is 0 Å². The topological polar surface area (TPSA) is 81.1 Å². The molecule has 0 radical (unpaired) electrons. The molecule has 2 rings (SSSR count). The molecule has 0 aliphatic carbocycles. The van der Waals surface area contributed by atoms with E-state index in [-0.39, 0.29) is 5.91 Å². The van der Waals surface area contributed by atoms with Gasteiger partial charge >= 0.3 is 0 Å². The fourth-order valence-corrected chi connectivity index (χ4v) is 3.53. The molecule has 0 aliphatic rings. The monoisotopic (exact) mass is 293 g/mol. The van der Waals surface area contributed by atoms with Crippen molar-refractivity contribution in [3.63, 3.8) is 0 Å². The van der Waals surface area contributed by atoms with Gasteiger partial charge in [-0.1, -0.05) is 6.07 Å². The number of nitrogens with one attached hydrogen (secondary N) is 1. The van der Waals surface area contributed by atoms with Crippen molar-refractivity contribution in [3.05, 3.63) is 45.6 Å². The summed E-state index contributed by atoms with van der Waals surface area (Å²) in [5.41, 5.74) is 11.0. The Balaban J connectivity index is 2.10. The summed E-state index contributed by atoms with van der Waals surface area (Å²) in [6.45, 7) is 2.01. The summed E-state index contributed by atoms with van der Waals surface area (Å²) in [6, 6.07) is 7.92. The highest BCUT2D eigenvalue weighted by Gasteiger charge is 2.12. The van der Waals surface area contributed by atoms with E-state index in [0.29, 0.717) is 10.6 Å². The quantitative estimate of drug-likeness (QED) is 0.266. The summed E-state index contributed by atoms with van der Waals surface area (Å²) < 4.78 is 0.